The van der Waals surface area contributed by atoms with Crippen molar-refractivity contribution < 1.29 is 41.5 Å². The van der Waals surface area contributed by atoms with Gasteiger partial charge < -0.3 is 19.5 Å². The number of piperidine rings is 1. The molecule has 6 rings (SSSR count). The molecule has 1 aliphatic carbocycles. The molecule has 4 amide bonds. The first kappa shape index (κ1) is 27.9. The number of rotatable bonds is 5. The summed E-state index contributed by atoms with van der Waals surface area (Å²) in [7, 11) is 0. The number of aromatic nitrogens is 3. The number of alkyl halides is 3. The van der Waals surface area contributed by atoms with Crippen LogP contribution in [0.5, 0.6) is 0 Å². The summed E-state index contributed by atoms with van der Waals surface area (Å²) in [6.45, 7) is -0.511. The molecule has 1 saturated heterocycles. The SMILES string of the molecule is O=C1CCC(N2Cc3c(Cl)cc(CNC(=O)OC4CC(n5c(C(F)(F)F)nc6ncccc65)C4)c(F)c3C2=O)C(=O)N1. The number of benzene rings is 1. The Morgan fingerprint density at radius 1 is 1.24 bits per heavy atom. The summed E-state index contributed by atoms with van der Waals surface area (Å²) in [6.07, 6.45) is -4.66. The van der Waals surface area contributed by atoms with E-state index in [1.54, 1.807) is 0 Å². The summed E-state index contributed by atoms with van der Waals surface area (Å²) in [5.41, 5.74) is -0.0566. The van der Waals surface area contributed by atoms with Crippen molar-refractivity contribution in [3.63, 3.8) is 0 Å². The predicted molar refractivity (Wildman–Crippen MR) is 135 cm³/mol. The standard InChI is InChI=1S/C26H21ClF4N6O5/c27-15-6-11(20(28)19-14(15)10-36(23(19)40)17-3-4-18(38)34-22(17)39)9-33-25(41)42-13-7-12(8-13)37-16-2-1-5-32-21(16)35-24(37)26(29,30)31/h1-2,5-6,12-13,17H,3-4,7-10H2,(H,33,41)(H,34,38,39). The van der Waals surface area contributed by atoms with E-state index in [2.05, 4.69) is 20.6 Å². The van der Waals surface area contributed by atoms with Gasteiger partial charge in [0, 0.05) is 60.7 Å². The Hall–Kier alpha value is -4.27. The van der Waals surface area contributed by atoms with Crippen LogP contribution in [-0.2, 0) is 33.6 Å². The first-order chi connectivity index (χ1) is 19.9. The van der Waals surface area contributed by atoms with Gasteiger partial charge in [0.15, 0.2) is 5.65 Å². The van der Waals surface area contributed by atoms with Crippen molar-refractivity contribution in [3.8, 4) is 0 Å². The number of carbonyl (C=O) groups is 4. The average molecular weight is 609 g/mol. The van der Waals surface area contributed by atoms with Gasteiger partial charge in [0.05, 0.1) is 11.1 Å². The van der Waals surface area contributed by atoms with Gasteiger partial charge in [-0.15, -0.1) is 0 Å². The second-order valence-electron chi connectivity index (χ2n) is 10.2. The quantitative estimate of drug-likeness (QED) is 0.334. The van der Waals surface area contributed by atoms with E-state index in [4.69, 9.17) is 16.3 Å². The Labute approximate surface area is 239 Å². The Balaban J connectivity index is 1.09. The molecule has 2 fully saturated rings. The highest BCUT2D eigenvalue weighted by molar-refractivity contribution is 6.32. The van der Waals surface area contributed by atoms with Crippen LogP contribution in [0.1, 0.15) is 59.0 Å². The minimum atomic E-state index is -4.70. The number of hydrogen-bond donors (Lipinski definition) is 2. The van der Waals surface area contributed by atoms with Crippen LogP contribution in [0.4, 0.5) is 22.4 Å². The first-order valence-corrected chi connectivity index (χ1v) is 13.3. The molecule has 0 bridgehead atoms. The number of halogens is 5. The van der Waals surface area contributed by atoms with Crippen LogP contribution in [0.2, 0.25) is 5.02 Å². The molecular formula is C26H21ClF4N6O5. The van der Waals surface area contributed by atoms with E-state index in [1.165, 1.54) is 24.4 Å². The van der Waals surface area contributed by atoms with Gasteiger partial charge in [-0.3, -0.25) is 19.7 Å². The number of imidazole rings is 1. The lowest BCUT2D eigenvalue weighted by molar-refractivity contribution is -0.149. The summed E-state index contributed by atoms with van der Waals surface area (Å²) in [4.78, 5) is 57.8. The van der Waals surface area contributed by atoms with E-state index in [0.717, 1.165) is 9.47 Å². The van der Waals surface area contributed by atoms with E-state index < -0.39 is 66.4 Å². The fourth-order valence-electron chi connectivity index (χ4n) is 5.54. The Kier molecular flexibility index (Phi) is 6.78. The van der Waals surface area contributed by atoms with E-state index in [9.17, 15) is 32.3 Å². The molecule has 3 aliphatic rings. The molecule has 220 valence electrons. The summed E-state index contributed by atoms with van der Waals surface area (Å²) < 4.78 is 62.5. The average Bonchev–Trinajstić information content (AvgIpc) is 3.46. The third-order valence-corrected chi connectivity index (χ3v) is 7.97. The van der Waals surface area contributed by atoms with E-state index in [0.29, 0.717) is 0 Å². The van der Waals surface area contributed by atoms with Crippen molar-refractivity contribution in [2.24, 2.45) is 0 Å². The molecule has 1 atom stereocenters. The number of imide groups is 1. The van der Waals surface area contributed by atoms with Crippen LogP contribution in [0, 0.1) is 5.82 Å². The van der Waals surface area contributed by atoms with Gasteiger partial charge in [-0.2, -0.15) is 13.2 Å². The number of ether oxygens (including phenoxy) is 1. The van der Waals surface area contributed by atoms with Crippen LogP contribution in [0.3, 0.4) is 0 Å². The van der Waals surface area contributed by atoms with Gasteiger partial charge in [0.2, 0.25) is 17.6 Å². The molecule has 11 nitrogen and oxygen atoms in total. The number of carbonyl (C=O) groups excluding carboxylic acids is 4. The second-order valence-corrected chi connectivity index (χ2v) is 10.6. The minimum Gasteiger partial charge on any atom is -0.446 e. The van der Waals surface area contributed by atoms with E-state index in [1.807, 2.05) is 0 Å². The fraction of sp³-hybridized carbons (Fsp3) is 0.385. The van der Waals surface area contributed by atoms with Crippen molar-refractivity contribution in [2.75, 3.05) is 0 Å². The Morgan fingerprint density at radius 2 is 2.00 bits per heavy atom. The molecule has 1 aromatic carbocycles. The van der Waals surface area contributed by atoms with E-state index in [-0.39, 0.29) is 65.1 Å². The van der Waals surface area contributed by atoms with Crippen molar-refractivity contribution in [1.29, 1.82) is 0 Å². The van der Waals surface area contributed by atoms with Crippen molar-refractivity contribution in [3.05, 3.63) is 57.8 Å². The van der Waals surface area contributed by atoms with Crippen LogP contribution >= 0.6 is 11.6 Å². The number of fused-ring (bicyclic) bond motifs is 2. The summed E-state index contributed by atoms with van der Waals surface area (Å²) in [5.74, 6) is -3.87. The van der Waals surface area contributed by atoms with Gasteiger partial charge >= 0.3 is 12.3 Å². The van der Waals surface area contributed by atoms with Crippen LogP contribution in [-0.4, -0.2) is 55.4 Å². The molecule has 2 N–H and O–H groups in total. The van der Waals surface area contributed by atoms with Gasteiger partial charge in [-0.1, -0.05) is 11.6 Å². The number of alkyl carbamates (subject to hydrolysis) is 1. The number of amides is 4. The largest absolute Gasteiger partial charge is 0.449 e. The normalized spacial score (nSPS) is 22.2. The number of hydrogen-bond acceptors (Lipinski definition) is 7. The lowest BCUT2D eigenvalue weighted by Gasteiger charge is -2.36. The van der Waals surface area contributed by atoms with Gasteiger partial charge in [0.1, 0.15) is 18.0 Å². The molecule has 16 heteroatoms. The molecule has 3 aromatic rings. The summed E-state index contributed by atoms with van der Waals surface area (Å²) in [6, 6.07) is 2.67. The monoisotopic (exact) mass is 608 g/mol. The Bertz CT molecular complexity index is 1650. The molecule has 4 heterocycles. The zero-order valence-electron chi connectivity index (χ0n) is 21.5. The molecule has 2 aliphatic heterocycles. The third kappa shape index (κ3) is 4.80. The lowest BCUT2D eigenvalue weighted by atomic mass is 9.88. The molecule has 1 unspecified atom stereocenters. The fourth-order valence-corrected chi connectivity index (χ4v) is 5.83. The number of nitrogens with one attached hydrogen (secondary N) is 2. The Morgan fingerprint density at radius 3 is 2.71 bits per heavy atom. The van der Waals surface area contributed by atoms with Crippen molar-refractivity contribution >= 4 is 46.6 Å². The van der Waals surface area contributed by atoms with E-state index >= 15 is 4.39 Å². The molecule has 0 spiro atoms. The highest BCUT2D eigenvalue weighted by atomic mass is 35.5. The number of nitrogens with zero attached hydrogens (tertiary/aromatic N) is 4. The van der Waals surface area contributed by atoms with Crippen molar-refractivity contribution in [2.45, 2.75) is 63.1 Å². The minimum absolute atomic E-state index is 0.0331. The molecule has 2 aromatic heterocycles. The molecular weight excluding hydrogens is 588 g/mol. The van der Waals surface area contributed by atoms with Crippen LogP contribution in [0.25, 0.3) is 11.2 Å². The second kappa shape index (κ2) is 10.2. The van der Waals surface area contributed by atoms with Crippen LogP contribution in [0.15, 0.2) is 24.4 Å². The molecule has 1 saturated carbocycles. The molecule has 42 heavy (non-hydrogen) atoms. The predicted octanol–water partition coefficient (Wildman–Crippen LogP) is 3.63. The van der Waals surface area contributed by atoms with Crippen LogP contribution < -0.4 is 10.6 Å². The van der Waals surface area contributed by atoms with Gasteiger partial charge in [-0.25, -0.2) is 19.2 Å². The smallest absolute Gasteiger partial charge is 0.446 e. The zero-order valence-corrected chi connectivity index (χ0v) is 22.3. The maximum Gasteiger partial charge on any atom is 0.449 e. The zero-order chi connectivity index (χ0) is 29.9. The first-order valence-electron chi connectivity index (χ1n) is 12.9. The summed E-state index contributed by atoms with van der Waals surface area (Å²) in [5, 5.41) is 4.60. The highest BCUT2D eigenvalue weighted by Gasteiger charge is 2.44. The lowest BCUT2D eigenvalue weighted by Crippen LogP contribution is -2.52. The maximum atomic E-state index is 15.4. The summed E-state index contributed by atoms with van der Waals surface area (Å²) >= 11 is 6.32. The molecule has 0 radical (unpaired) electrons. The third-order valence-electron chi connectivity index (χ3n) is 7.63. The maximum absolute atomic E-state index is 15.4. The topological polar surface area (TPSA) is 136 Å². The van der Waals surface area contributed by atoms with Gasteiger partial charge in [0.25, 0.3) is 5.91 Å². The van der Waals surface area contributed by atoms with Crippen molar-refractivity contribution in [1.82, 2.24) is 30.1 Å². The number of pyridine rings is 1. The van der Waals surface area contributed by atoms with Gasteiger partial charge in [-0.05, 0) is 24.6 Å². The highest BCUT2D eigenvalue weighted by Crippen LogP contribution is 2.41.